The zero-order chi connectivity index (χ0) is 22.0. The third-order valence-corrected chi connectivity index (χ3v) is 5.56. The average Bonchev–Trinajstić information content (AvgIpc) is 3.21. The first-order valence-electron chi connectivity index (χ1n) is 10.5. The predicted molar refractivity (Wildman–Crippen MR) is 122 cm³/mol. The molecule has 0 spiro atoms. The maximum atomic E-state index is 11.4. The van der Waals surface area contributed by atoms with E-state index in [0.717, 1.165) is 53.4 Å². The van der Waals surface area contributed by atoms with Crippen LogP contribution in [0.5, 0.6) is 5.75 Å². The van der Waals surface area contributed by atoms with Crippen LogP contribution in [0, 0.1) is 6.92 Å². The van der Waals surface area contributed by atoms with Crippen LogP contribution in [0.25, 0.3) is 10.9 Å². The molecule has 2 aromatic heterocycles. The van der Waals surface area contributed by atoms with Gasteiger partial charge in [0.05, 0.1) is 24.9 Å². The van der Waals surface area contributed by atoms with E-state index < -0.39 is 0 Å². The fraction of sp³-hybridized carbons (Fsp3) is 0.391. The lowest BCUT2D eigenvalue weighted by Crippen LogP contribution is -2.35. The van der Waals surface area contributed by atoms with Crippen LogP contribution >= 0.6 is 0 Å². The summed E-state index contributed by atoms with van der Waals surface area (Å²) in [6.07, 6.45) is 2.70. The largest absolute Gasteiger partial charge is 0.496 e. The third kappa shape index (κ3) is 4.52. The monoisotopic (exact) mass is 420 g/mol. The SMILES string of the molecule is COc1ccccc1[C@@H](C)Nc1nc(C)nc2cnc(N3CC[C@@H](NC(C)=O)C3)cc12. The Bertz CT molecular complexity index is 1100. The standard InChI is InChI=1S/C23H28N6O2/c1-14(18-7-5-6-8-21(18)31-4)25-23-19-11-22(24-12-20(19)26-15(2)27-23)29-10-9-17(13-29)28-16(3)30/h5-8,11-12,14,17H,9-10,13H2,1-4H3,(H,28,30)(H,25,26,27)/t14-,17-/m1/s1. The van der Waals surface area contributed by atoms with Crippen LogP contribution in [0.2, 0.25) is 0 Å². The van der Waals surface area contributed by atoms with Crippen molar-refractivity contribution in [2.75, 3.05) is 30.4 Å². The molecule has 3 aromatic rings. The van der Waals surface area contributed by atoms with Crippen molar-refractivity contribution >= 4 is 28.4 Å². The van der Waals surface area contributed by atoms with E-state index in [-0.39, 0.29) is 18.0 Å². The Hall–Kier alpha value is -3.42. The molecule has 1 saturated heterocycles. The van der Waals surface area contributed by atoms with Crippen molar-refractivity contribution in [2.45, 2.75) is 39.3 Å². The summed E-state index contributed by atoms with van der Waals surface area (Å²) in [6, 6.07) is 10.1. The van der Waals surface area contributed by atoms with Gasteiger partial charge in [0, 0.05) is 37.0 Å². The van der Waals surface area contributed by atoms with E-state index in [2.05, 4.69) is 37.4 Å². The van der Waals surface area contributed by atoms with Gasteiger partial charge in [0.25, 0.3) is 0 Å². The first-order chi connectivity index (χ1) is 14.9. The van der Waals surface area contributed by atoms with Crippen LogP contribution in [-0.2, 0) is 4.79 Å². The van der Waals surface area contributed by atoms with E-state index in [0.29, 0.717) is 5.82 Å². The second kappa shape index (κ2) is 8.75. The molecule has 8 nitrogen and oxygen atoms in total. The minimum Gasteiger partial charge on any atom is -0.496 e. The summed E-state index contributed by atoms with van der Waals surface area (Å²) in [5.41, 5.74) is 1.85. The van der Waals surface area contributed by atoms with Crippen LogP contribution in [0.1, 0.15) is 37.7 Å². The number of aromatic nitrogens is 3. The second-order valence-electron chi connectivity index (χ2n) is 7.92. The highest BCUT2D eigenvalue weighted by Crippen LogP contribution is 2.31. The molecule has 1 aromatic carbocycles. The van der Waals surface area contributed by atoms with Gasteiger partial charge in [0.1, 0.15) is 23.2 Å². The normalized spacial score (nSPS) is 16.9. The molecule has 2 atom stereocenters. The van der Waals surface area contributed by atoms with Crippen molar-refractivity contribution < 1.29 is 9.53 Å². The number of anilines is 2. The number of hydrogen-bond donors (Lipinski definition) is 2. The average molecular weight is 421 g/mol. The second-order valence-corrected chi connectivity index (χ2v) is 7.92. The molecule has 0 unspecified atom stereocenters. The maximum Gasteiger partial charge on any atom is 0.217 e. The molecular formula is C23H28N6O2. The van der Waals surface area contributed by atoms with E-state index in [1.165, 1.54) is 0 Å². The number of fused-ring (bicyclic) bond motifs is 1. The van der Waals surface area contributed by atoms with Crippen LogP contribution in [0.4, 0.5) is 11.6 Å². The van der Waals surface area contributed by atoms with Gasteiger partial charge in [-0.25, -0.2) is 15.0 Å². The van der Waals surface area contributed by atoms with Gasteiger partial charge < -0.3 is 20.3 Å². The van der Waals surface area contributed by atoms with Gasteiger partial charge >= 0.3 is 0 Å². The first-order valence-corrected chi connectivity index (χ1v) is 10.5. The highest BCUT2D eigenvalue weighted by atomic mass is 16.5. The molecule has 0 aliphatic carbocycles. The molecule has 0 bridgehead atoms. The van der Waals surface area contributed by atoms with E-state index in [1.807, 2.05) is 37.3 Å². The van der Waals surface area contributed by atoms with Crippen molar-refractivity contribution in [3.63, 3.8) is 0 Å². The van der Waals surface area contributed by atoms with Gasteiger partial charge in [0.2, 0.25) is 5.91 Å². The smallest absolute Gasteiger partial charge is 0.217 e. The Balaban J connectivity index is 1.64. The maximum absolute atomic E-state index is 11.4. The highest BCUT2D eigenvalue weighted by Gasteiger charge is 2.24. The zero-order valence-electron chi connectivity index (χ0n) is 18.3. The molecular weight excluding hydrogens is 392 g/mol. The molecule has 31 heavy (non-hydrogen) atoms. The number of rotatable bonds is 6. The third-order valence-electron chi connectivity index (χ3n) is 5.56. The Morgan fingerprint density at radius 2 is 2.10 bits per heavy atom. The number of methoxy groups -OCH3 is 1. The molecule has 1 aliphatic heterocycles. The summed E-state index contributed by atoms with van der Waals surface area (Å²) in [5, 5.41) is 7.45. The van der Waals surface area contributed by atoms with Gasteiger partial charge in [0.15, 0.2) is 0 Å². The van der Waals surface area contributed by atoms with Gasteiger partial charge in [-0.05, 0) is 32.4 Å². The van der Waals surface area contributed by atoms with Crippen LogP contribution in [0.15, 0.2) is 36.5 Å². The van der Waals surface area contributed by atoms with Crippen molar-refractivity contribution in [3.05, 3.63) is 47.9 Å². The van der Waals surface area contributed by atoms with Gasteiger partial charge in [-0.1, -0.05) is 18.2 Å². The van der Waals surface area contributed by atoms with Crippen molar-refractivity contribution in [2.24, 2.45) is 0 Å². The number of nitrogens with zero attached hydrogens (tertiary/aromatic N) is 4. The molecule has 8 heteroatoms. The summed E-state index contributed by atoms with van der Waals surface area (Å²) < 4.78 is 5.52. The van der Waals surface area contributed by atoms with E-state index in [4.69, 9.17) is 4.74 Å². The lowest BCUT2D eigenvalue weighted by molar-refractivity contribution is -0.119. The molecule has 1 aliphatic rings. The summed E-state index contributed by atoms with van der Waals surface area (Å²) in [4.78, 5) is 27.4. The Kier molecular flexibility index (Phi) is 5.88. The Morgan fingerprint density at radius 1 is 1.29 bits per heavy atom. The highest BCUT2D eigenvalue weighted by molar-refractivity contribution is 5.90. The van der Waals surface area contributed by atoms with Gasteiger partial charge in [-0.3, -0.25) is 4.79 Å². The van der Waals surface area contributed by atoms with Gasteiger partial charge in [-0.15, -0.1) is 0 Å². The fourth-order valence-electron chi connectivity index (χ4n) is 4.10. The summed E-state index contributed by atoms with van der Waals surface area (Å²) in [6.45, 7) is 7.10. The molecule has 3 heterocycles. The molecule has 1 amide bonds. The van der Waals surface area contributed by atoms with Crippen molar-refractivity contribution in [1.29, 1.82) is 0 Å². The lowest BCUT2D eigenvalue weighted by Gasteiger charge is -2.21. The quantitative estimate of drug-likeness (QED) is 0.632. The molecule has 2 N–H and O–H groups in total. The number of amides is 1. The van der Waals surface area contributed by atoms with Crippen LogP contribution in [-0.4, -0.2) is 47.1 Å². The number of hydrogen-bond acceptors (Lipinski definition) is 7. The number of aryl methyl sites for hydroxylation is 1. The fourth-order valence-corrected chi connectivity index (χ4v) is 4.10. The number of nitrogens with one attached hydrogen (secondary N) is 2. The number of ether oxygens (including phenoxy) is 1. The van der Waals surface area contributed by atoms with E-state index >= 15 is 0 Å². The van der Waals surface area contributed by atoms with Gasteiger partial charge in [-0.2, -0.15) is 0 Å². The number of carbonyl (C=O) groups excluding carboxylic acids is 1. The summed E-state index contributed by atoms with van der Waals surface area (Å²) >= 11 is 0. The minimum atomic E-state index is -0.0128. The Morgan fingerprint density at radius 3 is 2.87 bits per heavy atom. The van der Waals surface area contributed by atoms with Crippen LogP contribution in [0.3, 0.4) is 0 Å². The molecule has 1 fully saturated rings. The zero-order valence-corrected chi connectivity index (χ0v) is 18.3. The summed E-state index contributed by atoms with van der Waals surface area (Å²) in [5.74, 6) is 3.15. The number of carbonyl (C=O) groups is 1. The van der Waals surface area contributed by atoms with Crippen molar-refractivity contribution in [3.8, 4) is 5.75 Å². The molecule has 162 valence electrons. The predicted octanol–water partition coefficient (Wildman–Crippen LogP) is 3.23. The topological polar surface area (TPSA) is 92.3 Å². The lowest BCUT2D eigenvalue weighted by atomic mass is 10.1. The number of para-hydroxylation sites is 1. The van der Waals surface area contributed by atoms with Crippen LogP contribution < -0.4 is 20.3 Å². The number of benzene rings is 1. The van der Waals surface area contributed by atoms with Crippen molar-refractivity contribution in [1.82, 2.24) is 20.3 Å². The molecule has 4 rings (SSSR count). The minimum absolute atomic E-state index is 0.000917. The first kappa shape index (κ1) is 20.8. The molecule has 0 radical (unpaired) electrons. The molecule has 0 saturated carbocycles. The Labute approximate surface area is 182 Å². The summed E-state index contributed by atoms with van der Waals surface area (Å²) in [7, 11) is 1.68. The number of pyridine rings is 1. The van der Waals surface area contributed by atoms with E-state index in [1.54, 1.807) is 20.2 Å². The van der Waals surface area contributed by atoms with E-state index in [9.17, 15) is 4.79 Å².